The first-order valence-corrected chi connectivity index (χ1v) is 7.23. The highest BCUT2D eigenvalue weighted by molar-refractivity contribution is 5.92. The van der Waals surface area contributed by atoms with Crippen molar-refractivity contribution in [2.75, 3.05) is 11.9 Å². The number of nitrogens with one attached hydrogen (secondary N) is 1. The number of carbonyl (C=O) groups is 1. The fraction of sp³-hybridized carbons (Fsp3) is 0.278. The number of rotatable bonds is 6. The minimum absolute atomic E-state index is 0.0220. The van der Waals surface area contributed by atoms with Crippen LogP contribution < -0.4 is 5.32 Å². The molecule has 0 fully saturated rings. The summed E-state index contributed by atoms with van der Waals surface area (Å²) >= 11 is 0. The summed E-state index contributed by atoms with van der Waals surface area (Å²) in [7, 11) is 0. The third-order valence-corrected chi connectivity index (χ3v) is 3.45. The fourth-order valence-corrected chi connectivity index (χ4v) is 2.21. The minimum Gasteiger partial charge on any atom is -0.396 e. The zero-order chi connectivity index (χ0) is 15.1. The van der Waals surface area contributed by atoms with E-state index < -0.39 is 0 Å². The highest BCUT2D eigenvalue weighted by atomic mass is 16.2. The molecule has 21 heavy (non-hydrogen) atoms. The lowest BCUT2D eigenvalue weighted by Crippen LogP contribution is -2.22. The number of anilines is 1. The molecule has 0 heterocycles. The van der Waals surface area contributed by atoms with Crippen molar-refractivity contribution in [3.8, 4) is 0 Å². The molecule has 0 aliphatic rings. The zero-order valence-corrected chi connectivity index (χ0v) is 12.3. The summed E-state index contributed by atoms with van der Waals surface area (Å²) in [5.74, 6) is -0.0571. The van der Waals surface area contributed by atoms with Gasteiger partial charge in [-0.2, -0.15) is 0 Å². The second kappa shape index (κ2) is 7.60. The van der Waals surface area contributed by atoms with Gasteiger partial charge < -0.3 is 10.4 Å². The highest BCUT2D eigenvalue weighted by Crippen LogP contribution is 2.14. The molecular formula is C18H21NO2. The van der Waals surface area contributed by atoms with Crippen molar-refractivity contribution in [1.82, 2.24) is 0 Å². The van der Waals surface area contributed by atoms with E-state index in [4.69, 9.17) is 5.11 Å². The van der Waals surface area contributed by atoms with Gasteiger partial charge in [0.05, 0.1) is 0 Å². The molecule has 2 aromatic rings. The number of hydrogen-bond donors (Lipinski definition) is 2. The Morgan fingerprint density at radius 1 is 1.05 bits per heavy atom. The van der Waals surface area contributed by atoms with Crippen LogP contribution in [0.15, 0.2) is 54.6 Å². The van der Waals surface area contributed by atoms with Crippen LogP contribution >= 0.6 is 0 Å². The van der Waals surface area contributed by atoms with E-state index in [1.807, 2.05) is 61.5 Å². The van der Waals surface area contributed by atoms with Crippen molar-refractivity contribution >= 4 is 11.6 Å². The van der Waals surface area contributed by atoms with Gasteiger partial charge in [0.2, 0.25) is 5.91 Å². The Labute approximate surface area is 125 Å². The summed E-state index contributed by atoms with van der Waals surface area (Å²) in [6, 6.07) is 17.6. The summed E-state index contributed by atoms with van der Waals surface area (Å²) in [6.45, 7) is 2.07. The van der Waals surface area contributed by atoms with Crippen LogP contribution in [-0.4, -0.2) is 17.6 Å². The van der Waals surface area contributed by atoms with Crippen molar-refractivity contribution in [2.45, 2.75) is 19.8 Å². The maximum atomic E-state index is 12.2. The van der Waals surface area contributed by atoms with Crippen LogP contribution in [0, 0.1) is 5.92 Å². The van der Waals surface area contributed by atoms with Crippen LogP contribution in [0.3, 0.4) is 0 Å². The fourth-order valence-electron chi connectivity index (χ4n) is 2.21. The Bertz CT molecular complexity index is 564. The lowest BCUT2D eigenvalue weighted by Gasteiger charge is -2.12. The molecule has 2 rings (SSSR count). The predicted molar refractivity (Wildman–Crippen MR) is 85.2 cm³/mol. The van der Waals surface area contributed by atoms with E-state index in [2.05, 4.69) is 5.32 Å². The first-order chi connectivity index (χ1) is 10.2. The monoisotopic (exact) mass is 283 g/mol. The summed E-state index contributed by atoms with van der Waals surface area (Å²) in [6.07, 6.45) is 1.37. The molecular weight excluding hydrogens is 262 g/mol. The molecule has 3 nitrogen and oxygen atoms in total. The SMILES string of the molecule is CC(Cc1ccccc1)C(=O)Nc1ccc(CCO)cc1. The molecule has 2 aromatic carbocycles. The maximum Gasteiger partial charge on any atom is 0.227 e. The van der Waals surface area contributed by atoms with Crippen molar-refractivity contribution < 1.29 is 9.90 Å². The molecule has 1 amide bonds. The number of aliphatic hydroxyl groups is 1. The van der Waals surface area contributed by atoms with Gasteiger partial charge in [0.1, 0.15) is 0 Å². The maximum absolute atomic E-state index is 12.2. The smallest absolute Gasteiger partial charge is 0.227 e. The van der Waals surface area contributed by atoms with Gasteiger partial charge in [-0.05, 0) is 36.1 Å². The topological polar surface area (TPSA) is 49.3 Å². The first kappa shape index (κ1) is 15.3. The van der Waals surface area contributed by atoms with E-state index in [1.54, 1.807) is 0 Å². The van der Waals surface area contributed by atoms with Crippen LogP contribution in [0.4, 0.5) is 5.69 Å². The molecule has 0 spiro atoms. The molecule has 110 valence electrons. The van der Waals surface area contributed by atoms with Crippen LogP contribution in [-0.2, 0) is 17.6 Å². The van der Waals surface area contributed by atoms with Crippen molar-refractivity contribution in [3.05, 3.63) is 65.7 Å². The standard InChI is InChI=1S/C18H21NO2/c1-14(13-16-5-3-2-4-6-16)18(21)19-17-9-7-15(8-10-17)11-12-20/h2-10,14,20H,11-13H2,1H3,(H,19,21). The first-order valence-electron chi connectivity index (χ1n) is 7.23. The van der Waals surface area contributed by atoms with Crippen LogP contribution in [0.1, 0.15) is 18.1 Å². The van der Waals surface area contributed by atoms with Gasteiger partial charge >= 0.3 is 0 Å². The Morgan fingerprint density at radius 2 is 1.71 bits per heavy atom. The predicted octanol–water partition coefficient (Wildman–Crippen LogP) is 3.04. The molecule has 0 aliphatic carbocycles. The molecule has 0 radical (unpaired) electrons. The molecule has 0 saturated heterocycles. The summed E-state index contributed by atoms with van der Waals surface area (Å²) in [4.78, 5) is 12.2. The van der Waals surface area contributed by atoms with E-state index in [0.29, 0.717) is 6.42 Å². The summed E-state index contributed by atoms with van der Waals surface area (Å²) in [5.41, 5.74) is 3.02. The summed E-state index contributed by atoms with van der Waals surface area (Å²) in [5, 5.41) is 11.8. The Hall–Kier alpha value is -2.13. The molecule has 2 N–H and O–H groups in total. The van der Waals surface area contributed by atoms with E-state index >= 15 is 0 Å². The van der Waals surface area contributed by atoms with Gasteiger partial charge in [0, 0.05) is 18.2 Å². The van der Waals surface area contributed by atoms with Gasteiger partial charge in [0.15, 0.2) is 0 Å². The van der Waals surface area contributed by atoms with Crippen LogP contribution in [0.25, 0.3) is 0 Å². The average molecular weight is 283 g/mol. The summed E-state index contributed by atoms with van der Waals surface area (Å²) < 4.78 is 0. The number of aliphatic hydroxyl groups excluding tert-OH is 1. The lowest BCUT2D eigenvalue weighted by atomic mass is 10.0. The lowest BCUT2D eigenvalue weighted by molar-refractivity contribution is -0.119. The molecule has 0 bridgehead atoms. The third kappa shape index (κ3) is 4.72. The van der Waals surface area contributed by atoms with E-state index in [1.165, 1.54) is 5.56 Å². The van der Waals surface area contributed by atoms with Crippen molar-refractivity contribution in [2.24, 2.45) is 5.92 Å². The molecule has 1 atom stereocenters. The number of benzene rings is 2. The van der Waals surface area contributed by atoms with Gasteiger partial charge in [-0.1, -0.05) is 49.4 Å². The van der Waals surface area contributed by atoms with Crippen LogP contribution in [0.5, 0.6) is 0 Å². The normalized spacial score (nSPS) is 11.9. The van der Waals surface area contributed by atoms with Crippen LogP contribution in [0.2, 0.25) is 0 Å². The zero-order valence-electron chi connectivity index (χ0n) is 12.3. The van der Waals surface area contributed by atoms with E-state index in [-0.39, 0.29) is 18.4 Å². The van der Waals surface area contributed by atoms with E-state index in [0.717, 1.165) is 17.7 Å². The van der Waals surface area contributed by atoms with Gasteiger partial charge in [-0.15, -0.1) is 0 Å². The van der Waals surface area contributed by atoms with Gasteiger partial charge in [0.25, 0.3) is 0 Å². The van der Waals surface area contributed by atoms with Crippen molar-refractivity contribution in [1.29, 1.82) is 0 Å². The Kier molecular flexibility index (Phi) is 5.52. The Morgan fingerprint density at radius 3 is 2.33 bits per heavy atom. The molecule has 0 aliphatic heterocycles. The molecule has 1 unspecified atom stereocenters. The number of hydrogen-bond acceptors (Lipinski definition) is 2. The number of amides is 1. The second-order valence-corrected chi connectivity index (χ2v) is 5.25. The van der Waals surface area contributed by atoms with Gasteiger partial charge in [-0.25, -0.2) is 0 Å². The number of carbonyl (C=O) groups excluding carboxylic acids is 1. The largest absolute Gasteiger partial charge is 0.396 e. The van der Waals surface area contributed by atoms with E-state index in [9.17, 15) is 4.79 Å². The average Bonchev–Trinajstić information content (AvgIpc) is 2.50. The quantitative estimate of drug-likeness (QED) is 0.856. The molecule has 0 saturated carbocycles. The Balaban J connectivity index is 1.91. The second-order valence-electron chi connectivity index (χ2n) is 5.25. The molecule has 0 aromatic heterocycles. The van der Waals surface area contributed by atoms with Crippen molar-refractivity contribution in [3.63, 3.8) is 0 Å². The third-order valence-electron chi connectivity index (χ3n) is 3.45. The highest BCUT2D eigenvalue weighted by Gasteiger charge is 2.13. The molecule has 3 heteroatoms. The van der Waals surface area contributed by atoms with Gasteiger partial charge in [-0.3, -0.25) is 4.79 Å². The minimum atomic E-state index is -0.0791.